The zero-order valence-corrected chi connectivity index (χ0v) is 13.6. The van der Waals surface area contributed by atoms with Crippen LogP contribution < -0.4 is 10.1 Å². The van der Waals surface area contributed by atoms with Crippen molar-refractivity contribution in [2.45, 2.75) is 13.5 Å². The van der Waals surface area contributed by atoms with Gasteiger partial charge in [0.2, 0.25) is 11.6 Å². The van der Waals surface area contributed by atoms with E-state index < -0.39 is 0 Å². The second-order valence-corrected chi connectivity index (χ2v) is 5.41. The van der Waals surface area contributed by atoms with Crippen molar-refractivity contribution >= 4 is 11.6 Å². The highest BCUT2D eigenvalue weighted by Crippen LogP contribution is 2.19. The van der Waals surface area contributed by atoms with E-state index >= 15 is 0 Å². The van der Waals surface area contributed by atoms with Crippen molar-refractivity contribution in [2.24, 2.45) is 0 Å². The highest BCUT2D eigenvalue weighted by Gasteiger charge is 2.21. The molecular formula is C18H18N4O2. The Morgan fingerprint density at radius 2 is 1.83 bits per heavy atom. The van der Waals surface area contributed by atoms with E-state index in [1.807, 2.05) is 61.5 Å². The van der Waals surface area contributed by atoms with Gasteiger partial charge in [0.1, 0.15) is 0 Å². The molecule has 0 radical (unpaired) electrons. The van der Waals surface area contributed by atoms with Crippen LogP contribution in [0.2, 0.25) is 0 Å². The lowest BCUT2D eigenvalue weighted by Crippen LogP contribution is -2.14. The smallest absolute Gasteiger partial charge is 0.281 e. The van der Waals surface area contributed by atoms with E-state index in [-0.39, 0.29) is 11.6 Å². The summed E-state index contributed by atoms with van der Waals surface area (Å²) in [7, 11) is 1.50. The number of ether oxygens (including phenoxy) is 1. The van der Waals surface area contributed by atoms with Gasteiger partial charge < -0.3 is 10.1 Å². The van der Waals surface area contributed by atoms with Gasteiger partial charge in [-0.25, -0.2) is 4.68 Å². The zero-order valence-electron chi connectivity index (χ0n) is 13.6. The summed E-state index contributed by atoms with van der Waals surface area (Å²) < 4.78 is 6.91. The van der Waals surface area contributed by atoms with Crippen LogP contribution in [-0.4, -0.2) is 28.0 Å². The minimum Gasteiger partial charge on any atom is -0.479 e. The number of nitrogens with zero attached hydrogens (tertiary/aromatic N) is 3. The SMILES string of the molecule is COc1c(C(=O)Nc2ccc(C)cc2)nnn1Cc1ccccc1. The number of amides is 1. The van der Waals surface area contributed by atoms with Gasteiger partial charge >= 0.3 is 0 Å². The van der Waals surface area contributed by atoms with Gasteiger partial charge in [0.05, 0.1) is 13.7 Å². The van der Waals surface area contributed by atoms with E-state index in [0.717, 1.165) is 11.1 Å². The second-order valence-electron chi connectivity index (χ2n) is 5.41. The molecule has 122 valence electrons. The summed E-state index contributed by atoms with van der Waals surface area (Å²) in [6.45, 7) is 2.47. The lowest BCUT2D eigenvalue weighted by molar-refractivity contribution is 0.101. The molecule has 0 fully saturated rings. The molecule has 0 aliphatic heterocycles. The normalized spacial score (nSPS) is 10.4. The van der Waals surface area contributed by atoms with Crippen molar-refractivity contribution in [1.82, 2.24) is 15.0 Å². The Balaban J connectivity index is 1.80. The molecule has 0 saturated heterocycles. The molecule has 24 heavy (non-hydrogen) atoms. The third-order valence-electron chi connectivity index (χ3n) is 3.58. The first-order valence-corrected chi connectivity index (χ1v) is 7.57. The molecule has 0 bridgehead atoms. The van der Waals surface area contributed by atoms with Gasteiger partial charge in [0.15, 0.2) is 0 Å². The van der Waals surface area contributed by atoms with E-state index in [4.69, 9.17) is 4.74 Å². The minimum atomic E-state index is -0.352. The van der Waals surface area contributed by atoms with Gasteiger partial charge in [-0.1, -0.05) is 53.2 Å². The molecule has 3 rings (SSSR count). The molecule has 0 atom stereocenters. The summed E-state index contributed by atoms with van der Waals surface area (Å²) in [6, 6.07) is 17.3. The molecule has 1 amide bonds. The largest absolute Gasteiger partial charge is 0.479 e. The first-order chi connectivity index (χ1) is 11.7. The van der Waals surface area contributed by atoms with Crippen molar-refractivity contribution in [3.05, 3.63) is 71.4 Å². The van der Waals surface area contributed by atoms with Gasteiger partial charge in [0, 0.05) is 5.69 Å². The summed E-state index contributed by atoms with van der Waals surface area (Å²) in [5, 5.41) is 10.8. The maximum absolute atomic E-state index is 12.4. The summed E-state index contributed by atoms with van der Waals surface area (Å²) in [5.74, 6) is -0.0153. The number of carbonyl (C=O) groups is 1. The molecule has 0 unspecified atom stereocenters. The monoisotopic (exact) mass is 322 g/mol. The molecule has 1 aromatic heterocycles. The molecule has 1 N–H and O–H groups in total. The fourth-order valence-electron chi connectivity index (χ4n) is 2.34. The lowest BCUT2D eigenvalue weighted by Gasteiger charge is -2.07. The fourth-order valence-corrected chi connectivity index (χ4v) is 2.34. The maximum atomic E-state index is 12.4. The Bertz CT molecular complexity index is 826. The van der Waals surface area contributed by atoms with Gasteiger partial charge in [-0.2, -0.15) is 0 Å². The number of anilines is 1. The first-order valence-electron chi connectivity index (χ1n) is 7.57. The third kappa shape index (κ3) is 3.43. The van der Waals surface area contributed by atoms with Gasteiger partial charge in [-0.05, 0) is 24.6 Å². The lowest BCUT2D eigenvalue weighted by atomic mass is 10.2. The number of aryl methyl sites for hydroxylation is 1. The minimum absolute atomic E-state index is 0.161. The van der Waals surface area contributed by atoms with Crippen LogP contribution >= 0.6 is 0 Å². The standard InChI is InChI=1S/C18H18N4O2/c1-13-8-10-15(11-9-13)19-17(23)16-18(24-2)22(21-20-16)12-14-6-4-3-5-7-14/h3-11H,12H2,1-2H3,(H,19,23). The Labute approximate surface area is 140 Å². The van der Waals surface area contributed by atoms with Crippen LogP contribution in [0, 0.1) is 6.92 Å². The average molecular weight is 322 g/mol. The Hall–Kier alpha value is -3.15. The average Bonchev–Trinajstić information content (AvgIpc) is 3.00. The number of hydrogen-bond acceptors (Lipinski definition) is 4. The van der Waals surface area contributed by atoms with E-state index in [2.05, 4.69) is 15.6 Å². The molecule has 1 heterocycles. The summed E-state index contributed by atoms with van der Waals surface area (Å²) in [5.41, 5.74) is 3.03. The van der Waals surface area contributed by atoms with Crippen LogP contribution in [0.5, 0.6) is 5.88 Å². The molecule has 6 nitrogen and oxygen atoms in total. The molecule has 6 heteroatoms. The molecule has 0 spiro atoms. The topological polar surface area (TPSA) is 69.0 Å². The highest BCUT2D eigenvalue weighted by atomic mass is 16.5. The quantitative estimate of drug-likeness (QED) is 0.784. The molecule has 2 aromatic carbocycles. The Kier molecular flexibility index (Phi) is 4.56. The zero-order chi connectivity index (χ0) is 16.9. The second kappa shape index (κ2) is 6.95. The van der Waals surface area contributed by atoms with Crippen LogP contribution in [-0.2, 0) is 6.54 Å². The predicted octanol–water partition coefficient (Wildman–Crippen LogP) is 2.90. The van der Waals surface area contributed by atoms with E-state index in [1.54, 1.807) is 4.68 Å². The van der Waals surface area contributed by atoms with Crippen molar-refractivity contribution in [3.8, 4) is 5.88 Å². The number of rotatable bonds is 5. The van der Waals surface area contributed by atoms with Gasteiger partial charge in [-0.15, -0.1) is 5.10 Å². The number of carbonyl (C=O) groups excluding carboxylic acids is 1. The van der Waals surface area contributed by atoms with Crippen LogP contribution in [0.1, 0.15) is 21.6 Å². The number of aromatic nitrogens is 3. The molecule has 0 aliphatic carbocycles. The number of hydrogen-bond donors (Lipinski definition) is 1. The molecule has 0 aliphatic rings. The number of nitrogens with one attached hydrogen (secondary N) is 1. The Morgan fingerprint density at radius 3 is 2.50 bits per heavy atom. The van der Waals surface area contributed by atoms with Crippen molar-refractivity contribution in [3.63, 3.8) is 0 Å². The van der Waals surface area contributed by atoms with Crippen molar-refractivity contribution < 1.29 is 9.53 Å². The number of benzene rings is 2. The van der Waals surface area contributed by atoms with Crippen molar-refractivity contribution in [1.29, 1.82) is 0 Å². The first kappa shape index (κ1) is 15.7. The molecule has 3 aromatic rings. The van der Waals surface area contributed by atoms with Crippen LogP contribution in [0.4, 0.5) is 5.69 Å². The van der Waals surface area contributed by atoms with E-state index in [0.29, 0.717) is 18.1 Å². The summed E-state index contributed by atoms with van der Waals surface area (Å²) in [4.78, 5) is 12.4. The Morgan fingerprint density at radius 1 is 1.12 bits per heavy atom. The summed E-state index contributed by atoms with van der Waals surface area (Å²) in [6.07, 6.45) is 0. The number of methoxy groups -OCH3 is 1. The van der Waals surface area contributed by atoms with Gasteiger partial charge in [0.25, 0.3) is 5.91 Å². The maximum Gasteiger partial charge on any atom is 0.281 e. The molecular weight excluding hydrogens is 304 g/mol. The van der Waals surface area contributed by atoms with E-state index in [9.17, 15) is 4.79 Å². The molecule has 0 saturated carbocycles. The summed E-state index contributed by atoms with van der Waals surface area (Å²) >= 11 is 0. The third-order valence-corrected chi connectivity index (χ3v) is 3.58. The van der Waals surface area contributed by atoms with Crippen molar-refractivity contribution in [2.75, 3.05) is 12.4 Å². The predicted molar refractivity (Wildman–Crippen MR) is 91.3 cm³/mol. The van der Waals surface area contributed by atoms with Crippen LogP contribution in [0.15, 0.2) is 54.6 Å². The fraction of sp³-hybridized carbons (Fsp3) is 0.167. The van der Waals surface area contributed by atoms with Crippen LogP contribution in [0.25, 0.3) is 0 Å². The highest BCUT2D eigenvalue weighted by molar-refractivity contribution is 6.04. The van der Waals surface area contributed by atoms with Gasteiger partial charge in [-0.3, -0.25) is 4.79 Å². The van der Waals surface area contributed by atoms with E-state index in [1.165, 1.54) is 7.11 Å². The van der Waals surface area contributed by atoms with Crippen LogP contribution in [0.3, 0.4) is 0 Å².